The third-order valence-electron chi connectivity index (χ3n) is 5.01. The molecule has 152 valence electrons. The van der Waals surface area contributed by atoms with Gasteiger partial charge in [-0.15, -0.1) is 0 Å². The van der Waals surface area contributed by atoms with Gasteiger partial charge in [0.15, 0.2) is 5.78 Å². The number of Topliss-reactive ketones (excluding diaryl/α,β-unsaturated/α-hetero) is 1. The maximum absolute atomic E-state index is 13.2. The zero-order valence-electron chi connectivity index (χ0n) is 17.3. The number of carbonyl (C=O) groups excluding carboxylic acids is 1. The van der Waals surface area contributed by atoms with E-state index in [9.17, 15) is 4.79 Å². The Labute approximate surface area is 171 Å². The molecule has 1 saturated carbocycles. The Balaban J connectivity index is 1.98. The lowest BCUT2D eigenvalue weighted by atomic mass is 9.86. The predicted octanol–water partition coefficient (Wildman–Crippen LogP) is 4.94. The molecule has 3 rings (SSSR count). The molecule has 0 aliphatic heterocycles. The van der Waals surface area contributed by atoms with Gasteiger partial charge in [0.1, 0.15) is 23.0 Å². The van der Waals surface area contributed by atoms with Crippen molar-refractivity contribution in [3.63, 3.8) is 0 Å². The number of allylic oxidation sites excluding steroid dienone is 2. The van der Waals surface area contributed by atoms with Crippen molar-refractivity contribution in [1.82, 2.24) is 0 Å². The summed E-state index contributed by atoms with van der Waals surface area (Å²) < 4.78 is 21.5. The first-order chi connectivity index (χ1) is 14.1. The standard InChI is InChI=1S/C24H26O5/c1-26-20-8-10-22(28-3)18(14-20)12-16-6-5-7-17(24(16)25)13-19-15-21(27-2)9-11-23(19)29-4/h8-15H,5-7H2,1-4H3. The molecule has 0 amide bonds. The first-order valence-corrected chi connectivity index (χ1v) is 9.49. The van der Waals surface area contributed by atoms with Gasteiger partial charge < -0.3 is 18.9 Å². The highest BCUT2D eigenvalue weighted by molar-refractivity contribution is 6.14. The second-order valence-electron chi connectivity index (χ2n) is 6.74. The summed E-state index contributed by atoms with van der Waals surface area (Å²) in [5.74, 6) is 2.90. The van der Waals surface area contributed by atoms with Crippen LogP contribution in [0, 0.1) is 0 Å². The van der Waals surface area contributed by atoms with Gasteiger partial charge in [0.25, 0.3) is 0 Å². The van der Waals surface area contributed by atoms with E-state index in [0.29, 0.717) is 11.5 Å². The average Bonchev–Trinajstić information content (AvgIpc) is 2.76. The van der Waals surface area contributed by atoms with Crippen LogP contribution in [0.2, 0.25) is 0 Å². The van der Waals surface area contributed by atoms with Crippen LogP contribution in [0.1, 0.15) is 30.4 Å². The number of hydrogen-bond donors (Lipinski definition) is 0. The first-order valence-electron chi connectivity index (χ1n) is 9.49. The summed E-state index contributed by atoms with van der Waals surface area (Å²) in [6, 6.07) is 11.1. The van der Waals surface area contributed by atoms with Crippen molar-refractivity contribution in [2.24, 2.45) is 0 Å². The topological polar surface area (TPSA) is 54.0 Å². The summed E-state index contributed by atoms with van der Waals surface area (Å²) in [6.07, 6.45) is 6.17. The Kier molecular flexibility index (Phi) is 6.60. The van der Waals surface area contributed by atoms with Gasteiger partial charge in [-0.25, -0.2) is 0 Å². The maximum Gasteiger partial charge on any atom is 0.185 e. The summed E-state index contributed by atoms with van der Waals surface area (Å²) in [6.45, 7) is 0. The smallest absolute Gasteiger partial charge is 0.185 e. The number of benzene rings is 2. The van der Waals surface area contributed by atoms with E-state index in [1.165, 1.54) is 0 Å². The van der Waals surface area contributed by atoms with E-state index in [0.717, 1.165) is 53.0 Å². The molecular weight excluding hydrogens is 368 g/mol. The van der Waals surface area contributed by atoms with E-state index in [-0.39, 0.29) is 5.78 Å². The van der Waals surface area contributed by atoms with Crippen LogP contribution in [0.5, 0.6) is 23.0 Å². The number of ether oxygens (including phenoxy) is 4. The van der Waals surface area contributed by atoms with E-state index in [1.54, 1.807) is 28.4 Å². The van der Waals surface area contributed by atoms with E-state index in [2.05, 4.69) is 0 Å². The molecule has 0 aromatic heterocycles. The van der Waals surface area contributed by atoms with Crippen LogP contribution >= 0.6 is 0 Å². The van der Waals surface area contributed by atoms with Gasteiger partial charge in [-0.05, 0) is 67.8 Å². The Morgan fingerprint density at radius 3 is 1.52 bits per heavy atom. The molecule has 0 unspecified atom stereocenters. The number of hydrogen-bond acceptors (Lipinski definition) is 5. The second-order valence-corrected chi connectivity index (χ2v) is 6.74. The lowest BCUT2D eigenvalue weighted by Gasteiger charge is -2.18. The summed E-state index contributed by atoms with van der Waals surface area (Å²) in [5.41, 5.74) is 3.18. The highest BCUT2D eigenvalue weighted by Gasteiger charge is 2.22. The van der Waals surface area contributed by atoms with Crippen LogP contribution in [0.25, 0.3) is 12.2 Å². The molecule has 0 bridgehead atoms. The molecule has 2 aromatic rings. The highest BCUT2D eigenvalue weighted by Crippen LogP contribution is 2.33. The zero-order valence-corrected chi connectivity index (χ0v) is 17.3. The molecule has 0 heterocycles. The fourth-order valence-electron chi connectivity index (χ4n) is 3.46. The molecular formula is C24H26O5. The Morgan fingerprint density at radius 2 is 1.14 bits per heavy atom. The summed E-state index contributed by atoms with van der Waals surface area (Å²) in [5, 5.41) is 0. The van der Waals surface area contributed by atoms with Crippen LogP contribution in [-0.2, 0) is 4.79 Å². The lowest BCUT2D eigenvalue weighted by molar-refractivity contribution is -0.112. The number of rotatable bonds is 6. The zero-order chi connectivity index (χ0) is 20.8. The fourth-order valence-corrected chi connectivity index (χ4v) is 3.46. The first kappa shape index (κ1) is 20.5. The van der Waals surface area contributed by atoms with Gasteiger partial charge in [0.05, 0.1) is 28.4 Å². The van der Waals surface area contributed by atoms with Crippen molar-refractivity contribution in [3.05, 3.63) is 58.7 Å². The molecule has 1 fully saturated rings. The highest BCUT2D eigenvalue weighted by atomic mass is 16.5. The summed E-state index contributed by atoms with van der Waals surface area (Å²) in [7, 11) is 6.47. The number of carbonyl (C=O) groups is 1. The van der Waals surface area contributed by atoms with Gasteiger partial charge in [-0.2, -0.15) is 0 Å². The average molecular weight is 394 g/mol. The molecule has 1 aliphatic carbocycles. The number of methoxy groups -OCH3 is 4. The second kappa shape index (κ2) is 9.32. The minimum absolute atomic E-state index is 0.0472. The fraction of sp³-hybridized carbons (Fsp3) is 0.292. The molecule has 2 aromatic carbocycles. The lowest BCUT2D eigenvalue weighted by Crippen LogP contribution is -2.12. The van der Waals surface area contributed by atoms with Gasteiger partial charge in [0.2, 0.25) is 0 Å². The Hall–Kier alpha value is -3.21. The SMILES string of the molecule is COc1ccc(OC)c(C=C2CCCC(=Cc3cc(OC)ccc3OC)C2=O)c1. The van der Waals surface area contributed by atoms with Crippen LogP contribution in [0.3, 0.4) is 0 Å². The largest absolute Gasteiger partial charge is 0.497 e. The molecule has 5 heteroatoms. The summed E-state index contributed by atoms with van der Waals surface area (Å²) in [4.78, 5) is 13.2. The molecule has 0 saturated heterocycles. The van der Waals surface area contributed by atoms with Gasteiger partial charge >= 0.3 is 0 Å². The molecule has 29 heavy (non-hydrogen) atoms. The van der Waals surface area contributed by atoms with Crippen LogP contribution in [-0.4, -0.2) is 34.2 Å². The molecule has 5 nitrogen and oxygen atoms in total. The molecule has 0 atom stereocenters. The normalized spacial score (nSPS) is 16.8. The van der Waals surface area contributed by atoms with Crippen molar-refractivity contribution in [2.45, 2.75) is 19.3 Å². The minimum Gasteiger partial charge on any atom is -0.497 e. The quantitative estimate of drug-likeness (QED) is 0.650. The van der Waals surface area contributed by atoms with Crippen molar-refractivity contribution in [3.8, 4) is 23.0 Å². The van der Waals surface area contributed by atoms with Gasteiger partial charge in [-0.3, -0.25) is 4.79 Å². The molecule has 0 radical (unpaired) electrons. The van der Waals surface area contributed by atoms with Crippen molar-refractivity contribution < 1.29 is 23.7 Å². The molecule has 0 spiro atoms. The van der Waals surface area contributed by atoms with Crippen LogP contribution in [0.4, 0.5) is 0 Å². The van der Waals surface area contributed by atoms with Gasteiger partial charge in [-0.1, -0.05) is 0 Å². The van der Waals surface area contributed by atoms with Gasteiger partial charge in [0, 0.05) is 22.3 Å². The van der Waals surface area contributed by atoms with Crippen LogP contribution < -0.4 is 18.9 Å². The maximum atomic E-state index is 13.2. The monoisotopic (exact) mass is 394 g/mol. The minimum atomic E-state index is 0.0472. The molecule has 0 N–H and O–H groups in total. The van der Waals surface area contributed by atoms with E-state index in [4.69, 9.17) is 18.9 Å². The van der Waals surface area contributed by atoms with Crippen molar-refractivity contribution in [1.29, 1.82) is 0 Å². The predicted molar refractivity (Wildman–Crippen MR) is 114 cm³/mol. The third-order valence-corrected chi connectivity index (χ3v) is 5.01. The molecule has 1 aliphatic rings. The van der Waals surface area contributed by atoms with E-state index >= 15 is 0 Å². The van der Waals surface area contributed by atoms with Crippen molar-refractivity contribution >= 4 is 17.9 Å². The van der Waals surface area contributed by atoms with Crippen LogP contribution in [0.15, 0.2) is 47.5 Å². The third kappa shape index (κ3) is 4.62. The Morgan fingerprint density at radius 1 is 0.690 bits per heavy atom. The Bertz CT molecular complexity index is 880. The van der Waals surface area contributed by atoms with E-state index < -0.39 is 0 Å². The number of ketones is 1. The summed E-state index contributed by atoms with van der Waals surface area (Å²) >= 11 is 0. The van der Waals surface area contributed by atoms with E-state index in [1.807, 2.05) is 48.6 Å². The van der Waals surface area contributed by atoms with Crippen molar-refractivity contribution in [2.75, 3.05) is 28.4 Å².